The van der Waals surface area contributed by atoms with E-state index >= 15 is 0 Å². The van der Waals surface area contributed by atoms with Crippen molar-refractivity contribution >= 4 is 33.8 Å². The summed E-state index contributed by atoms with van der Waals surface area (Å²) in [6, 6.07) is 11.0. The molecule has 0 saturated heterocycles. The molecule has 0 unspecified atom stereocenters. The van der Waals surface area contributed by atoms with E-state index in [0.29, 0.717) is 32.6 Å². The first-order valence-corrected chi connectivity index (χ1v) is 9.11. The lowest BCUT2D eigenvalue weighted by molar-refractivity contribution is 0.102. The van der Waals surface area contributed by atoms with Crippen LogP contribution < -0.4 is 10.1 Å². The van der Waals surface area contributed by atoms with Crippen molar-refractivity contribution in [3.63, 3.8) is 0 Å². The smallest absolute Gasteiger partial charge is 0.260 e. The molecule has 3 aromatic rings. The normalized spacial score (nSPS) is 10.4. The summed E-state index contributed by atoms with van der Waals surface area (Å²) < 4.78 is 7.23. The van der Waals surface area contributed by atoms with Gasteiger partial charge in [0.15, 0.2) is 0 Å². The Balaban J connectivity index is 1.96. The van der Waals surface area contributed by atoms with E-state index < -0.39 is 0 Å². The van der Waals surface area contributed by atoms with Crippen LogP contribution in [-0.2, 0) is 6.42 Å². The largest absolute Gasteiger partial charge is 0.496 e. The van der Waals surface area contributed by atoms with E-state index in [1.165, 1.54) is 18.4 Å². The van der Waals surface area contributed by atoms with E-state index in [4.69, 9.17) is 16.3 Å². The molecule has 26 heavy (non-hydrogen) atoms. The molecule has 0 spiro atoms. The molecule has 0 bridgehead atoms. The maximum Gasteiger partial charge on any atom is 0.260 e. The second kappa shape index (κ2) is 7.65. The Bertz CT molecular complexity index is 987. The molecule has 1 amide bonds. The third kappa shape index (κ3) is 3.45. The molecule has 0 aliphatic heterocycles. The van der Waals surface area contributed by atoms with E-state index in [1.807, 2.05) is 36.0 Å². The minimum atomic E-state index is -0.371. The fourth-order valence-corrected chi connectivity index (χ4v) is 3.75. The molecule has 0 atom stereocenters. The van der Waals surface area contributed by atoms with Gasteiger partial charge in [-0.1, -0.05) is 18.5 Å². The van der Waals surface area contributed by atoms with Crippen LogP contribution in [0.3, 0.4) is 0 Å². The summed E-state index contributed by atoms with van der Waals surface area (Å²) in [4.78, 5) is 13.8. The van der Waals surface area contributed by atoms with Crippen molar-refractivity contribution in [3.8, 4) is 17.5 Å². The monoisotopic (exact) mass is 385 g/mol. The van der Waals surface area contributed by atoms with Crippen LogP contribution in [0.4, 0.5) is 5.00 Å². The Labute approximate surface area is 160 Å². The fourth-order valence-electron chi connectivity index (χ4n) is 2.54. The zero-order valence-electron chi connectivity index (χ0n) is 14.2. The first kappa shape index (κ1) is 18.1. The van der Waals surface area contributed by atoms with Crippen molar-refractivity contribution in [1.29, 1.82) is 5.26 Å². The Hall–Kier alpha value is -2.75. The van der Waals surface area contributed by atoms with Gasteiger partial charge in [0.2, 0.25) is 0 Å². The molecule has 0 aliphatic rings. The number of amides is 1. The lowest BCUT2D eigenvalue weighted by atomic mass is 10.1. The predicted octanol–water partition coefficient (Wildman–Crippen LogP) is 4.89. The Morgan fingerprint density at radius 2 is 2.08 bits per heavy atom. The molecular formula is C19H16ClN3O2S. The van der Waals surface area contributed by atoms with Crippen LogP contribution in [-0.4, -0.2) is 17.6 Å². The van der Waals surface area contributed by atoms with Crippen molar-refractivity contribution in [2.45, 2.75) is 13.3 Å². The number of nitrogens with zero attached hydrogens (tertiary/aromatic N) is 2. The van der Waals surface area contributed by atoms with Crippen molar-refractivity contribution < 1.29 is 9.53 Å². The van der Waals surface area contributed by atoms with Crippen molar-refractivity contribution in [3.05, 3.63) is 63.8 Å². The number of benzene rings is 1. The van der Waals surface area contributed by atoms with Gasteiger partial charge in [-0.25, -0.2) is 0 Å². The molecule has 0 saturated carbocycles. The van der Waals surface area contributed by atoms with E-state index in [-0.39, 0.29) is 5.91 Å². The molecule has 0 fully saturated rings. The van der Waals surface area contributed by atoms with Gasteiger partial charge in [-0.05, 0) is 30.7 Å². The van der Waals surface area contributed by atoms with E-state index in [2.05, 4.69) is 11.4 Å². The SMILES string of the molecule is CCc1cc(C#N)c(NC(=O)c2cc(Cl)c(-n3cccc3)cc2OC)s1. The van der Waals surface area contributed by atoms with Gasteiger partial charge in [-0.3, -0.25) is 4.79 Å². The van der Waals surface area contributed by atoms with Crippen LogP contribution in [0, 0.1) is 11.3 Å². The number of methoxy groups -OCH3 is 1. The third-order valence-electron chi connectivity index (χ3n) is 3.88. The number of thiophene rings is 1. The van der Waals surface area contributed by atoms with Gasteiger partial charge in [-0.15, -0.1) is 11.3 Å². The number of carbonyl (C=O) groups is 1. The molecular weight excluding hydrogens is 370 g/mol. The van der Waals surface area contributed by atoms with Gasteiger partial charge >= 0.3 is 0 Å². The summed E-state index contributed by atoms with van der Waals surface area (Å²) in [5, 5.41) is 13.0. The quantitative estimate of drug-likeness (QED) is 0.680. The molecule has 1 aromatic carbocycles. The van der Waals surface area contributed by atoms with Gasteiger partial charge < -0.3 is 14.6 Å². The number of nitrogens with one attached hydrogen (secondary N) is 1. The van der Waals surface area contributed by atoms with Gasteiger partial charge in [-0.2, -0.15) is 5.26 Å². The fraction of sp³-hybridized carbons (Fsp3) is 0.158. The number of rotatable bonds is 5. The first-order chi connectivity index (χ1) is 12.6. The first-order valence-electron chi connectivity index (χ1n) is 7.92. The van der Waals surface area contributed by atoms with Gasteiger partial charge in [0, 0.05) is 23.3 Å². The van der Waals surface area contributed by atoms with Crippen LogP contribution in [0.2, 0.25) is 5.02 Å². The molecule has 2 heterocycles. The predicted molar refractivity (Wildman–Crippen MR) is 104 cm³/mol. The number of aromatic nitrogens is 1. The van der Waals surface area contributed by atoms with Crippen LogP contribution in [0.25, 0.3) is 5.69 Å². The Kier molecular flexibility index (Phi) is 5.31. The number of halogens is 1. The number of aryl methyl sites for hydroxylation is 1. The average Bonchev–Trinajstić information content (AvgIpc) is 3.30. The summed E-state index contributed by atoms with van der Waals surface area (Å²) in [7, 11) is 1.50. The molecule has 5 nitrogen and oxygen atoms in total. The van der Waals surface area contributed by atoms with Crippen molar-refractivity contribution in [2.24, 2.45) is 0 Å². The molecule has 1 N–H and O–H groups in total. The van der Waals surface area contributed by atoms with Crippen LogP contribution in [0.5, 0.6) is 5.75 Å². The Morgan fingerprint density at radius 1 is 1.35 bits per heavy atom. The molecule has 132 valence electrons. The molecule has 7 heteroatoms. The number of hydrogen-bond acceptors (Lipinski definition) is 4. The van der Waals surface area contributed by atoms with Gasteiger partial charge in [0.05, 0.1) is 28.9 Å². The van der Waals surface area contributed by atoms with Crippen molar-refractivity contribution in [2.75, 3.05) is 12.4 Å². The number of carbonyl (C=O) groups excluding carboxylic acids is 1. The van der Waals surface area contributed by atoms with E-state index in [9.17, 15) is 10.1 Å². The van der Waals surface area contributed by atoms with Crippen LogP contribution >= 0.6 is 22.9 Å². The highest BCUT2D eigenvalue weighted by Gasteiger charge is 2.19. The maximum absolute atomic E-state index is 12.8. The number of anilines is 1. The van der Waals surface area contributed by atoms with Crippen LogP contribution in [0.15, 0.2) is 42.7 Å². The second-order valence-corrected chi connectivity index (χ2v) is 7.01. The highest BCUT2D eigenvalue weighted by Crippen LogP contribution is 2.32. The lowest BCUT2D eigenvalue weighted by Crippen LogP contribution is -2.13. The topological polar surface area (TPSA) is 67.0 Å². The highest BCUT2D eigenvalue weighted by atomic mass is 35.5. The Morgan fingerprint density at radius 3 is 2.69 bits per heavy atom. The van der Waals surface area contributed by atoms with E-state index in [0.717, 1.165) is 11.3 Å². The second-order valence-electron chi connectivity index (χ2n) is 5.47. The number of ether oxygens (including phenoxy) is 1. The molecule has 2 aromatic heterocycles. The minimum Gasteiger partial charge on any atom is -0.496 e. The zero-order valence-corrected chi connectivity index (χ0v) is 15.8. The summed E-state index contributed by atoms with van der Waals surface area (Å²) in [6.07, 6.45) is 4.52. The minimum absolute atomic E-state index is 0.309. The standard InChI is InChI=1S/C19H16ClN3O2S/c1-3-13-8-12(11-21)19(26-13)22-18(24)14-9-15(20)16(10-17(14)25-2)23-6-4-5-7-23/h4-10H,3H2,1-2H3,(H,22,24). The molecule has 0 radical (unpaired) electrons. The maximum atomic E-state index is 12.8. The summed E-state index contributed by atoms with van der Waals surface area (Å²) in [5.41, 5.74) is 1.48. The number of nitriles is 1. The molecule has 0 aliphatic carbocycles. The van der Waals surface area contributed by atoms with Crippen LogP contribution in [0.1, 0.15) is 27.7 Å². The van der Waals surface area contributed by atoms with Crippen molar-refractivity contribution in [1.82, 2.24) is 4.57 Å². The van der Waals surface area contributed by atoms with Gasteiger partial charge in [0.1, 0.15) is 16.8 Å². The van der Waals surface area contributed by atoms with E-state index in [1.54, 1.807) is 18.2 Å². The lowest BCUT2D eigenvalue weighted by Gasteiger charge is -2.13. The zero-order chi connectivity index (χ0) is 18.7. The van der Waals surface area contributed by atoms with Gasteiger partial charge in [0.25, 0.3) is 5.91 Å². The third-order valence-corrected chi connectivity index (χ3v) is 5.37. The summed E-state index contributed by atoms with van der Waals surface area (Å²) in [5.74, 6) is 0.0326. The molecule has 3 rings (SSSR count). The average molecular weight is 386 g/mol. The summed E-state index contributed by atoms with van der Waals surface area (Å²) >= 11 is 7.77. The highest BCUT2D eigenvalue weighted by molar-refractivity contribution is 7.16. The number of hydrogen-bond donors (Lipinski definition) is 1. The summed E-state index contributed by atoms with van der Waals surface area (Å²) in [6.45, 7) is 2.00.